The molecule has 0 radical (unpaired) electrons. The van der Waals surface area contributed by atoms with Crippen molar-refractivity contribution in [3.05, 3.63) is 35.9 Å². The van der Waals surface area contributed by atoms with Gasteiger partial charge in [0.15, 0.2) is 0 Å². The summed E-state index contributed by atoms with van der Waals surface area (Å²) in [6, 6.07) is 7.62. The average molecular weight is 277 g/mol. The highest BCUT2D eigenvalue weighted by atomic mass is 16.7. The Morgan fingerprint density at radius 2 is 2.00 bits per heavy atom. The molecule has 5 nitrogen and oxygen atoms in total. The van der Waals surface area contributed by atoms with Crippen molar-refractivity contribution in [1.29, 1.82) is 0 Å². The van der Waals surface area contributed by atoms with Crippen LogP contribution in [0.2, 0.25) is 0 Å². The van der Waals surface area contributed by atoms with Gasteiger partial charge < -0.3 is 14.3 Å². The lowest BCUT2D eigenvalue weighted by Gasteiger charge is -2.00. The first kappa shape index (κ1) is 15.8. The van der Waals surface area contributed by atoms with Crippen molar-refractivity contribution in [2.24, 2.45) is 5.16 Å². The molecule has 0 aromatic heterocycles. The predicted octanol–water partition coefficient (Wildman–Crippen LogP) is 2.66. The Morgan fingerprint density at radius 1 is 1.30 bits per heavy atom. The highest BCUT2D eigenvalue weighted by Gasteiger charge is 2.00. The maximum absolute atomic E-state index is 11.0. The Morgan fingerprint density at radius 3 is 2.60 bits per heavy atom. The van der Waals surface area contributed by atoms with Gasteiger partial charge in [0.2, 0.25) is 6.61 Å². The standard InChI is InChI=1S/C15H19NO4/c1-4-19-15(17)11-20-16-12(2)5-6-13-7-9-14(18-3)10-8-13/h5-10H,4,11H2,1-3H3/b6-5+,16-12+. The third-order valence-corrected chi connectivity index (χ3v) is 2.33. The van der Waals surface area contributed by atoms with E-state index < -0.39 is 5.97 Å². The third kappa shape index (κ3) is 6.04. The first-order valence-corrected chi connectivity index (χ1v) is 6.30. The second-order valence-electron chi connectivity index (χ2n) is 3.92. The van der Waals surface area contributed by atoms with Crippen LogP contribution in [0, 0.1) is 0 Å². The van der Waals surface area contributed by atoms with Crippen LogP contribution in [0.15, 0.2) is 35.5 Å². The lowest BCUT2D eigenvalue weighted by Crippen LogP contribution is -2.10. The molecular weight excluding hydrogens is 258 g/mol. The van der Waals surface area contributed by atoms with Gasteiger partial charge in [-0.2, -0.15) is 0 Å². The fraction of sp³-hybridized carbons (Fsp3) is 0.333. The van der Waals surface area contributed by atoms with Gasteiger partial charge in [0.1, 0.15) is 5.75 Å². The van der Waals surface area contributed by atoms with Gasteiger partial charge in [-0.25, -0.2) is 4.79 Å². The summed E-state index contributed by atoms with van der Waals surface area (Å²) in [6.45, 7) is 3.68. The van der Waals surface area contributed by atoms with Crippen molar-refractivity contribution in [1.82, 2.24) is 0 Å². The maximum atomic E-state index is 11.0. The number of rotatable bonds is 7. The molecule has 0 heterocycles. The molecule has 0 spiro atoms. The van der Waals surface area contributed by atoms with Crippen molar-refractivity contribution in [3.8, 4) is 5.75 Å². The summed E-state index contributed by atoms with van der Waals surface area (Å²) < 4.78 is 9.79. The Kier molecular flexibility index (Phi) is 6.89. The summed E-state index contributed by atoms with van der Waals surface area (Å²) in [4.78, 5) is 15.9. The van der Waals surface area contributed by atoms with Gasteiger partial charge in [-0.15, -0.1) is 0 Å². The molecule has 0 aliphatic rings. The summed E-state index contributed by atoms with van der Waals surface area (Å²) in [5, 5.41) is 3.80. The number of methoxy groups -OCH3 is 1. The molecule has 0 fully saturated rings. The van der Waals surface area contributed by atoms with Crippen molar-refractivity contribution < 1.29 is 19.1 Å². The second-order valence-corrected chi connectivity index (χ2v) is 3.92. The molecule has 108 valence electrons. The lowest BCUT2D eigenvalue weighted by molar-refractivity contribution is -0.148. The lowest BCUT2D eigenvalue weighted by atomic mass is 10.2. The molecule has 0 saturated heterocycles. The van der Waals surface area contributed by atoms with Crippen LogP contribution in [0.25, 0.3) is 6.08 Å². The second kappa shape index (κ2) is 8.74. The number of carbonyl (C=O) groups is 1. The molecule has 0 N–H and O–H groups in total. The highest BCUT2D eigenvalue weighted by molar-refractivity contribution is 5.95. The molecule has 1 rings (SSSR count). The number of hydrogen-bond acceptors (Lipinski definition) is 5. The third-order valence-electron chi connectivity index (χ3n) is 2.33. The van der Waals surface area contributed by atoms with Crippen molar-refractivity contribution in [3.63, 3.8) is 0 Å². The minimum atomic E-state index is -0.428. The molecule has 1 aromatic rings. The molecule has 1 aromatic carbocycles. The van der Waals surface area contributed by atoms with E-state index in [9.17, 15) is 4.79 Å². The Bertz CT molecular complexity index is 477. The number of ether oxygens (including phenoxy) is 2. The fourth-order valence-corrected chi connectivity index (χ4v) is 1.35. The van der Waals surface area contributed by atoms with Crippen LogP contribution >= 0.6 is 0 Å². The topological polar surface area (TPSA) is 57.1 Å². The SMILES string of the molecule is CCOC(=O)CO/N=C(C)/C=C/c1ccc(OC)cc1. The van der Waals surface area contributed by atoms with Crippen LogP contribution < -0.4 is 4.74 Å². The van der Waals surface area contributed by atoms with Crippen LogP contribution in [0.5, 0.6) is 5.75 Å². The summed E-state index contributed by atoms with van der Waals surface area (Å²) in [5.74, 6) is 0.383. The Labute approximate surface area is 118 Å². The van der Waals surface area contributed by atoms with Crippen LogP contribution in [0.1, 0.15) is 19.4 Å². The summed E-state index contributed by atoms with van der Waals surface area (Å²) >= 11 is 0. The first-order chi connectivity index (χ1) is 9.65. The average Bonchev–Trinajstić information content (AvgIpc) is 2.46. The smallest absolute Gasteiger partial charge is 0.347 e. The van der Waals surface area contributed by atoms with Gasteiger partial charge >= 0.3 is 5.97 Å². The molecule has 0 saturated carbocycles. The zero-order valence-electron chi connectivity index (χ0n) is 12.0. The van der Waals surface area contributed by atoms with E-state index >= 15 is 0 Å². The van der Waals surface area contributed by atoms with E-state index in [0.29, 0.717) is 12.3 Å². The van der Waals surface area contributed by atoms with Gasteiger partial charge in [-0.05, 0) is 37.6 Å². The first-order valence-electron chi connectivity index (χ1n) is 6.30. The van der Waals surface area contributed by atoms with Crippen molar-refractivity contribution in [2.75, 3.05) is 20.3 Å². The molecule has 0 aliphatic heterocycles. The Hall–Kier alpha value is -2.30. The highest BCUT2D eigenvalue weighted by Crippen LogP contribution is 2.12. The fourth-order valence-electron chi connectivity index (χ4n) is 1.35. The quantitative estimate of drug-likeness (QED) is 0.437. The van der Waals surface area contributed by atoms with Gasteiger partial charge in [0.05, 0.1) is 19.4 Å². The zero-order valence-corrected chi connectivity index (χ0v) is 12.0. The van der Waals surface area contributed by atoms with Gasteiger partial charge in [-0.3, -0.25) is 0 Å². The molecule has 0 bridgehead atoms. The van der Waals surface area contributed by atoms with Crippen LogP contribution in [-0.2, 0) is 14.4 Å². The molecule has 20 heavy (non-hydrogen) atoms. The summed E-state index contributed by atoms with van der Waals surface area (Å²) in [6.07, 6.45) is 3.69. The maximum Gasteiger partial charge on any atom is 0.347 e. The molecule has 0 aliphatic carbocycles. The van der Waals surface area contributed by atoms with E-state index in [1.807, 2.05) is 30.3 Å². The molecular formula is C15H19NO4. The predicted molar refractivity (Wildman–Crippen MR) is 77.7 cm³/mol. The van der Waals surface area contributed by atoms with E-state index in [-0.39, 0.29) is 6.61 Å². The van der Waals surface area contributed by atoms with Gasteiger partial charge in [-0.1, -0.05) is 23.4 Å². The number of allylic oxidation sites excluding steroid dienone is 1. The van der Waals surface area contributed by atoms with Crippen LogP contribution in [0.3, 0.4) is 0 Å². The number of benzene rings is 1. The molecule has 0 amide bonds. The monoisotopic (exact) mass is 277 g/mol. The zero-order chi connectivity index (χ0) is 14.8. The Balaban J connectivity index is 2.45. The van der Waals surface area contributed by atoms with Crippen LogP contribution in [0.4, 0.5) is 0 Å². The summed E-state index contributed by atoms with van der Waals surface area (Å²) in [7, 11) is 1.63. The minimum absolute atomic E-state index is 0.179. The van der Waals surface area contributed by atoms with Gasteiger partial charge in [0, 0.05) is 0 Å². The molecule has 5 heteroatoms. The minimum Gasteiger partial charge on any atom is -0.497 e. The number of oxime groups is 1. The van der Waals surface area contributed by atoms with E-state index in [2.05, 4.69) is 5.16 Å². The molecule has 0 unspecified atom stereocenters. The normalized spacial score (nSPS) is 11.4. The number of esters is 1. The van der Waals surface area contributed by atoms with Gasteiger partial charge in [0.25, 0.3) is 0 Å². The van der Waals surface area contributed by atoms with E-state index in [4.69, 9.17) is 14.3 Å². The van der Waals surface area contributed by atoms with E-state index in [0.717, 1.165) is 11.3 Å². The summed E-state index contributed by atoms with van der Waals surface area (Å²) in [5.41, 5.74) is 1.68. The molecule has 0 atom stereocenters. The van der Waals surface area contributed by atoms with E-state index in [1.54, 1.807) is 27.0 Å². The number of carbonyl (C=O) groups excluding carboxylic acids is 1. The van der Waals surface area contributed by atoms with E-state index in [1.165, 1.54) is 0 Å². The number of nitrogens with zero attached hydrogens (tertiary/aromatic N) is 1. The van der Waals surface area contributed by atoms with Crippen LogP contribution in [-0.4, -0.2) is 32.0 Å². The number of hydrogen-bond donors (Lipinski definition) is 0. The van der Waals surface area contributed by atoms with Crippen molar-refractivity contribution >= 4 is 17.8 Å². The van der Waals surface area contributed by atoms with Crippen molar-refractivity contribution in [2.45, 2.75) is 13.8 Å². The largest absolute Gasteiger partial charge is 0.497 e.